The van der Waals surface area contributed by atoms with E-state index in [1.165, 1.54) is 31.8 Å². The fourth-order valence-corrected chi connectivity index (χ4v) is 4.85. The molecule has 1 aromatic carbocycles. The number of halogens is 1. The first-order valence-corrected chi connectivity index (χ1v) is 12.1. The molecule has 186 valence electrons. The zero-order chi connectivity index (χ0) is 26.2. The number of hydrogen-bond donors (Lipinski definition) is 2. The van der Waals surface area contributed by atoms with Gasteiger partial charge in [-0.25, -0.2) is 28.3 Å². The molecule has 36 heavy (non-hydrogen) atoms. The Morgan fingerprint density at radius 3 is 2.42 bits per heavy atom. The smallest absolute Gasteiger partial charge is 0.305 e. The minimum Gasteiger partial charge on any atom is -0.382 e. The summed E-state index contributed by atoms with van der Waals surface area (Å²) >= 11 is 0. The average molecular weight is 511 g/mol. The summed E-state index contributed by atoms with van der Waals surface area (Å²) in [5, 5.41) is 14.5. The number of pyridine rings is 1. The van der Waals surface area contributed by atoms with Crippen molar-refractivity contribution in [1.82, 2.24) is 29.0 Å². The Hall–Kier alpha value is -4.35. The first-order chi connectivity index (χ1) is 17.1. The van der Waals surface area contributed by atoms with Crippen LogP contribution in [0.1, 0.15) is 12.5 Å². The van der Waals surface area contributed by atoms with E-state index in [4.69, 9.17) is 11.5 Å². The number of aromatic nitrogens is 5. The number of nitrogens with zero attached hydrogens (tertiary/aromatic N) is 8. The molecular weight excluding hydrogens is 487 g/mol. The van der Waals surface area contributed by atoms with E-state index in [1.807, 2.05) is 6.07 Å². The molecule has 1 atom stereocenters. The van der Waals surface area contributed by atoms with Crippen LogP contribution in [0.25, 0.3) is 22.6 Å². The molecule has 0 radical (unpaired) electrons. The Bertz CT molecular complexity index is 1570. The van der Waals surface area contributed by atoms with Crippen molar-refractivity contribution in [3.8, 4) is 17.6 Å². The van der Waals surface area contributed by atoms with E-state index in [-0.39, 0.29) is 41.2 Å². The lowest BCUT2D eigenvalue weighted by molar-refractivity contribution is 0.513. The van der Waals surface area contributed by atoms with Crippen molar-refractivity contribution in [2.75, 3.05) is 29.9 Å². The zero-order valence-corrected chi connectivity index (χ0v) is 20.5. The number of nitriles is 1. The van der Waals surface area contributed by atoms with Crippen LogP contribution in [0.15, 0.2) is 42.6 Å². The van der Waals surface area contributed by atoms with E-state index in [2.05, 4.69) is 20.1 Å². The lowest BCUT2D eigenvalue weighted by Crippen LogP contribution is -2.45. The molecule has 4 N–H and O–H groups in total. The second-order valence-electron chi connectivity index (χ2n) is 8.03. The topological polar surface area (TPSA) is 173 Å². The molecule has 14 heteroatoms. The number of benzene rings is 1. The van der Waals surface area contributed by atoms with Crippen molar-refractivity contribution >= 4 is 38.6 Å². The van der Waals surface area contributed by atoms with Crippen LogP contribution in [-0.4, -0.2) is 57.6 Å². The fraction of sp³-hybridized carbons (Fsp3) is 0.227. The highest BCUT2D eigenvalue weighted by atomic mass is 32.2. The summed E-state index contributed by atoms with van der Waals surface area (Å²) in [6, 6.07) is 10.5. The van der Waals surface area contributed by atoms with Crippen molar-refractivity contribution in [2.24, 2.45) is 0 Å². The minimum absolute atomic E-state index is 0.0193. The summed E-state index contributed by atoms with van der Waals surface area (Å²) in [6.07, 6.45) is 1.57. The van der Waals surface area contributed by atoms with Gasteiger partial charge in [-0.2, -0.15) is 23.1 Å². The molecule has 0 spiro atoms. The Morgan fingerprint density at radius 1 is 1.14 bits per heavy atom. The molecule has 12 nitrogen and oxygen atoms in total. The molecule has 0 saturated heterocycles. The maximum absolute atomic E-state index is 14.3. The van der Waals surface area contributed by atoms with Gasteiger partial charge in [0.05, 0.1) is 18.0 Å². The highest BCUT2D eigenvalue weighted by Crippen LogP contribution is 2.35. The van der Waals surface area contributed by atoms with Crippen LogP contribution in [0, 0.1) is 17.1 Å². The average Bonchev–Trinajstić information content (AvgIpc) is 3.20. The molecule has 1 unspecified atom stereocenters. The summed E-state index contributed by atoms with van der Waals surface area (Å²) < 4.78 is 43.4. The van der Waals surface area contributed by atoms with Crippen molar-refractivity contribution in [3.05, 3.63) is 54.0 Å². The van der Waals surface area contributed by atoms with E-state index < -0.39 is 16.3 Å². The van der Waals surface area contributed by atoms with Gasteiger partial charge in [-0.15, -0.1) is 0 Å². The Balaban J connectivity index is 1.87. The summed E-state index contributed by atoms with van der Waals surface area (Å²) in [4.78, 5) is 12.9. The summed E-state index contributed by atoms with van der Waals surface area (Å²) in [7, 11) is -1.53. The third-order valence-electron chi connectivity index (χ3n) is 5.40. The Kier molecular flexibility index (Phi) is 6.44. The summed E-state index contributed by atoms with van der Waals surface area (Å²) in [6.45, 7) is 1.48. The van der Waals surface area contributed by atoms with Gasteiger partial charge in [0, 0.05) is 25.9 Å². The predicted octanol–water partition coefficient (Wildman–Crippen LogP) is 1.76. The van der Waals surface area contributed by atoms with Crippen LogP contribution < -0.4 is 15.8 Å². The van der Waals surface area contributed by atoms with Gasteiger partial charge in [-0.1, -0.05) is 18.2 Å². The van der Waals surface area contributed by atoms with Crippen LogP contribution in [0.3, 0.4) is 0 Å². The zero-order valence-electron chi connectivity index (χ0n) is 19.7. The van der Waals surface area contributed by atoms with E-state index in [9.17, 15) is 18.1 Å². The monoisotopic (exact) mass is 510 g/mol. The lowest BCUT2D eigenvalue weighted by atomic mass is 10.2. The van der Waals surface area contributed by atoms with E-state index in [0.717, 1.165) is 8.61 Å². The molecule has 0 saturated carbocycles. The van der Waals surface area contributed by atoms with Crippen molar-refractivity contribution in [2.45, 2.75) is 19.5 Å². The maximum Gasteiger partial charge on any atom is 0.305 e. The number of nitrogens with two attached hydrogens (primary N) is 2. The van der Waals surface area contributed by atoms with Gasteiger partial charge in [0.25, 0.3) is 0 Å². The molecule has 4 rings (SSSR count). The number of hydrogen-bond acceptors (Lipinski definition) is 9. The number of fused-ring (bicyclic) bond motifs is 1. The molecule has 4 aromatic rings. The van der Waals surface area contributed by atoms with Gasteiger partial charge in [0.1, 0.15) is 23.2 Å². The maximum atomic E-state index is 14.3. The minimum atomic E-state index is -4.16. The number of anilines is 3. The van der Waals surface area contributed by atoms with Crippen molar-refractivity contribution < 1.29 is 12.8 Å². The molecule has 0 fully saturated rings. The van der Waals surface area contributed by atoms with Gasteiger partial charge in [0.15, 0.2) is 23.1 Å². The Labute approximate surface area is 206 Å². The highest BCUT2D eigenvalue weighted by Gasteiger charge is 2.34. The van der Waals surface area contributed by atoms with Gasteiger partial charge in [-0.05, 0) is 25.1 Å². The molecular formula is C22H23FN10O2S. The van der Waals surface area contributed by atoms with Gasteiger partial charge in [-0.3, -0.25) is 0 Å². The fourth-order valence-electron chi connectivity index (χ4n) is 3.63. The predicted molar refractivity (Wildman–Crippen MR) is 133 cm³/mol. The molecule has 3 aromatic heterocycles. The number of rotatable bonds is 7. The highest BCUT2D eigenvalue weighted by molar-refractivity contribution is 7.90. The quantitative estimate of drug-likeness (QED) is 0.375. The van der Waals surface area contributed by atoms with Gasteiger partial charge in [0.2, 0.25) is 0 Å². The van der Waals surface area contributed by atoms with E-state index >= 15 is 0 Å². The van der Waals surface area contributed by atoms with Crippen molar-refractivity contribution in [3.63, 3.8) is 0 Å². The molecule has 0 aliphatic rings. The first-order valence-electron chi connectivity index (χ1n) is 10.7. The van der Waals surface area contributed by atoms with Crippen LogP contribution in [0.5, 0.6) is 0 Å². The van der Waals surface area contributed by atoms with Crippen LogP contribution >= 0.6 is 0 Å². The van der Waals surface area contributed by atoms with Crippen molar-refractivity contribution in [1.29, 1.82) is 5.26 Å². The lowest BCUT2D eigenvalue weighted by Gasteiger charge is -2.30. The summed E-state index contributed by atoms with van der Waals surface area (Å²) in [5.41, 5.74) is 13.3. The van der Waals surface area contributed by atoms with Crippen LogP contribution in [0.4, 0.5) is 21.7 Å². The molecule has 0 bridgehead atoms. The summed E-state index contributed by atoms with van der Waals surface area (Å²) in [5.74, 6) is -0.885. The SMILES string of the molecule is CC(C#N)N(c1c(N)nc(-c2nn(Cc3ccccc3F)c3ncccc23)nc1N)S(=O)(=O)N(C)C. The Morgan fingerprint density at radius 2 is 1.81 bits per heavy atom. The second-order valence-corrected chi connectivity index (χ2v) is 10.0. The number of nitrogen functional groups attached to an aromatic ring is 2. The largest absolute Gasteiger partial charge is 0.382 e. The molecule has 0 aliphatic carbocycles. The molecule has 3 heterocycles. The normalized spacial score (nSPS) is 12.6. The van der Waals surface area contributed by atoms with Crippen LogP contribution in [0.2, 0.25) is 0 Å². The standard InChI is InChI=1S/C22H23FN10O2S/c1-13(11-24)33(36(34,35)31(2)3)18-19(25)28-21(29-20(18)26)17-15-8-6-10-27-22(15)32(30-17)12-14-7-4-5-9-16(14)23/h4-10,13H,12H2,1-3H3,(H4,25,26,28,29). The van der Waals surface area contributed by atoms with Gasteiger partial charge >= 0.3 is 10.2 Å². The third kappa shape index (κ3) is 4.25. The molecule has 0 aliphatic heterocycles. The molecule has 0 amide bonds. The second kappa shape index (κ2) is 9.36. The first kappa shape index (κ1) is 24.8. The van der Waals surface area contributed by atoms with E-state index in [0.29, 0.717) is 16.6 Å². The van der Waals surface area contributed by atoms with E-state index in [1.54, 1.807) is 36.5 Å². The third-order valence-corrected chi connectivity index (χ3v) is 7.32. The van der Waals surface area contributed by atoms with Crippen LogP contribution in [-0.2, 0) is 16.8 Å². The van der Waals surface area contributed by atoms with Gasteiger partial charge < -0.3 is 11.5 Å².